The quantitative estimate of drug-likeness (QED) is 0.606. The molecule has 0 radical (unpaired) electrons. The maximum absolute atomic E-state index is 5.25. The monoisotopic (exact) mass is 143 g/mol. The van der Waals surface area contributed by atoms with Crippen molar-refractivity contribution < 1.29 is 4.84 Å². The lowest BCUT2D eigenvalue weighted by molar-refractivity contribution is 0.0285. The van der Waals surface area contributed by atoms with E-state index in [1.54, 1.807) is 0 Å². The maximum Gasteiger partial charge on any atom is 0.0803 e. The first-order valence-electron chi connectivity index (χ1n) is 4.32. The second-order valence-corrected chi connectivity index (χ2v) is 2.92. The predicted octanol–water partition coefficient (Wildman–Crippen LogP) is 1.86. The first-order chi connectivity index (χ1) is 4.93. The highest BCUT2D eigenvalue weighted by Gasteiger charge is 2.13. The summed E-state index contributed by atoms with van der Waals surface area (Å²) in [4.78, 5) is 5.25. The predicted molar refractivity (Wildman–Crippen MR) is 41.6 cm³/mol. The SMILES string of the molecule is CCCCCC1CCNO1. The van der Waals surface area contributed by atoms with Crippen LogP contribution >= 0.6 is 0 Å². The number of hydrogen-bond donors (Lipinski definition) is 1. The summed E-state index contributed by atoms with van der Waals surface area (Å²) in [6.45, 7) is 3.27. The van der Waals surface area contributed by atoms with E-state index in [0.717, 1.165) is 6.54 Å². The Morgan fingerprint density at radius 3 is 3.00 bits per heavy atom. The molecule has 1 atom stereocenters. The van der Waals surface area contributed by atoms with Crippen LogP contribution < -0.4 is 5.48 Å². The molecular formula is C8H17NO. The van der Waals surface area contributed by atoms with Crippen LogP contribution in [0.2, 0.25) is 0 Å². The van der Waals surface area contributed by atoms with Crippen LogP contribution in [-0.4, -0.2) is 12.6 Å². The highest BCUT2D eigenvalue weighted by molar-refractivity contribution is 4.62. The highest BCUT2D eigenvalue weighted by Crippen LogP contribution is 2.11. The molecule has 2 nitrogen and oxygen atoms in total. The summed E-state index contributed by atoms with van der Waals surface area (Å²) in [6.07, 6.45) is 6.92. The molecular weight excluding hydrogens is 126 g/mol. The van der Waals surface area contributed by atoms with Gasteiger partial charge in [-0.1, -0.05) is 26.2 Å². The van der Waals surface area contributed by atoms with Crippen LogP contribution in [-0.2, 0) is 4.84 Å². The van der Waals surface area contributed by atoms with Crippen molar-refractivity contribution in [3.63, 3.8) is 0 Å². The molecule has 0 aromatic carbocycles. The smallest absolute Gasteiger partial charge is 0.0803 e. The van der Waals surface area contributed by atoms with Gasteiger partial charge in [0.05, 0.1) is 6.10 Å². The molecule has 1 fully saturated rings. The Bertz CT molecular complexity index is 79.3. The van der Waals surface area contributed by atoms with Crippen molar-refractivity contribution in [3.05, 3.63) is 0 Å². The molecule has 1 aliphatic rings. The van der Waals surface area contributed by atoms with Crippen LogP contribution in [0, 0.1) is 0 Å². The van der Waals surface area contributed by atoms with Crippen LogP contribution in [0.25, 0.3) is 0 Å². The van der Waals surface area contributed by atoms with E-state index in [0.29, 0.717) is 6.10 Å². The molecule has 0 aromatic rings. The fourth-order valence-corrected chi connectivity index (χ4v) is 1.28. The van der Waals surface area contributed by atoms with Gasteiger partial charge >= 0.3 is 0 Å². The third kappa shape index (κ3) is 2.67. The van der Waals surface area contributed by atoms with Gasteiger partial charge in [0.2, 0.25) is 0 Å². The van der Waals surface area contributed by atoms with Crippen LogP contribution in [0.5, 0.6) is 0 Å². The fourth-order valence-electron chi connectivity index (χ4n) is 1.28. The summed E-state index contributed by atoms with van der Waals surface area (Å²) >= 11 is 0. The zero-order chi connectivity index (χ0) is 7.23. The van der Waals surface area contributed by atoms with E-state index >= 15 is 0 Å². The summed E-state index contributed by atoms with van der Waals surface area (Å²) in [7, 11) is 0. The molecule has 0 bridgehead atoms. The van der Waals surface area contributed by atoms with Gasteiger partial charge in [0.15, 0.2) is 0 Å². The number of unbranched alkanes of at least 4 members (excludes halogenated alkanes) is 2. The summed E-state index contributed by atoms with van der Waals surface area (Å²) in [5.41, 5.74) is 2.90. The van der Waals surface area contributed by atoms with E-state index in [1.165, 1.54) is 32.1 Å². The van der Waals surface area contributed by atoms with Crippen molar-refractivity contribution in [2.24, 2.45) is 0 Å². The largest absolute Gasteiger partial charge is 0.298 e. The Morgan fingerprint density at radius 1 is 1.50 bits per heavy atom. The lowest BCUT2D eigenvalue weighted by Gasteiger charge is -2.05. The van der Waals surface area contributed by atoms with Gasteiger partial charge in [-0.3, -0.25) is 4.84 Å². The molecule has 1 heterocycles. The zero-order valence-corrected chi connectivity index (χ0v) is 6.73. The van der Waals surface area contributed by atoms with Crippen molar-refractivity contribution in [3.8, 4) is 0 Å². The topological polar surface area (TPSA) is 21.3 Å². The lowest BCUT2D eigenvalue weighted by atomic mass is 10.1. The van der Waals surface area contributed by atoms with Crippen molar-refractivity contribution in [1.82, 2.24) is 5.48 Å². The minimum Gasteiger partial charge on any atom is -0.298 e. The molecule has 10 heavy (non-hydrogen) atoms. The lowest BCUT2D eigenvalue weighted by Crippen LogP contribution is -2.09. The molecule has 0 aromatic heterocycles. The van der Waals surface area contributed by atoms with E-state index < -0.39 is 0 Å². The first-order valence-corrected chi connectivity index (χ1v) is 4.32. The molecule has 1 N–H and O–H groups in total. The Labute approximate surface area is 62.9 Å². The van der Waals surface area contributed by atoms with Gasteiger partial charge in [-0.05, 0) is 12.8 Å². The van der Waals surface area contributed by atoms with Crippen molar-refractivity contribution >= 4 is 0 Å². The number of hydrogen-bond acceptors (Lipinski definition) is 2. The van der Waals surface area contributed by atoms with E-state index in [2.05, 4.69) is 12.4 Å². The maximum atomic E-state index is 5.25. The number of rotatable bonds is 4. The third-order valence-electron chi connectivity index (χ3n) is 1.95. The van der Waals surface area contributed by atoms with Gasteiger partial charge in [0, 0.05) is 6.54 Å². The minimum atomic E-state index is 0.506. The second kappa shape index (κ2) is 4.69. The Kier molecular flexibility index (Phi) is 3.76. The van der Waals surface area contributed by atoms with Crippen LogP contribution in [0.15, 0.2) is 0 Å². The molecule has 0 saturated carbocycles. The molecule has 0 spiro atoms. The average molecular weight is 143 g/mol. The van der Waals surface area contributed by atoms with E-state index in [-0.39, 0.29) is 0 Å². The zero-order valence-electron chi connectivity index (χ0n) is 6.73. The summed E-state index contributed by atoms with van der Waals surface area (Å²) in [5, 5.41) is 0. The van der Waals surface area contributed by atoms with E-state index in [9.17, 15) is 0 Å². The minimum absolute atomic E-state index is 0.506. The summed E-state index contributed by atoms with van der Waals surface area (Å²) < 4.78 is 0. The number of hydroxylamine groups is 1. The van der Waals surface area contributed by atoms with Gasteiger partial charge in [-0.2, -0.15) is 0 Å². The van der Waals surface area contributed by atoms with Gasteiger partial charge in [0.25, 0.3) is 0 Å². The first kappa shape index (κ1) is 8.02. The van der Waals surface area contributed by atoms with Crippen molar-refractivity contribution in [2.45, 2.75) is 45.1 Å². The Balaban J connectivity index is 1.91. The van der Waals surface area contributed by atoms with Crippen molar-refractivity contribution in [2.75, 3.05) is 6.54 Å². The molecule has 1 rings (SSSR count). The standard InChI is InChI=1S/C8H17NO/c1-2-3-4-5-8-6-7-9-10-8/h8-9H,2-7H2,1H3. The molecule has 0 amide bonds. The molecule has 1 saturated heterocycles. The number of nitrogens with one attached hydrogen (secondary N) is 1. The Morgan fingerprint density at radius 2 is 2.40 bits per heavy atom. The fraction of sp³-hybridized carbons (Fsp3) is 1.00. The molecule has 2 heteroatoms. The van der Waals surface area contributed by atoms with Crippen LogP contribution in [0.3, 0.4) is 0 Å². The van der Waals surface area contributed by atoms with Gasteiger partial charge in [0.1, 0.15) is 0 Å². The van der Waals surface area contributed by atoms with Gasteiger partial charge in [-0.15, -0.1) is 0 Å². The molecule has 1 unspecified atom stereocenters. The summed E-state index contributed by atoms with van der Waals surface area (Å²) in [6, 6.07) is 0. The average Bonchev–Trinajstić information content (AvgIpc) is 2.41. The Hall–Kier alpha value is -0.0800. The van der Waals surface area contributed by atoms with Crippen molar-refractivity contribution in [1.29, 1.82) is 0 Å². The van der Waals surface area contributed by atoms with E-state index in [1.807, 2.05) is 0 Å². The summed E-state index contributed by atoms with van der Waals surface area (Å²) in [5.74, 6) is 0. The van der Waals surface area contributed by atoms with Gasteiger partial charge < -0.3 is 0 Å². The molecule has 1 aliphatic heterocycles. The molecule has 60 valence electrons. The highest BCUT2D eigenvalue weighted by atomic mass is 16.7. The molecule has 0 aliphatic carbocycles. The third-order valence-corrected chi connectivity index (χ3v) is 1.95. The second-order valence-electron chi connectivity index (χ2n) is 2.92. The normalized spacial score (nSPS) is 25.5. The van der Waals surface area contributed by atoms with Crippen LogP contribution in [0.1, 0.15) is 39.0 Å². The van der Waals surface area contributed by atoms with Gasteiger partial charge in [-0.25, -0.2) is 5.48 Å². The van der Waals surface area contributed by atoms with Crippen LogP contribution in [0.4, 0.5) is 0 Å². The van der Waals surface area contributed by atoms with E-state index in [4.69, 9.17) is 4.84 Å².